The van der Waals surface area contributed by atoms with Gasteiger partial charge in [0.15, 0.2) is 0 Å². The van der Waals surface area contributed by atoms with Crippen LogP contribution in [0.25, 0.3) is 64.6 Å². The Kier molecular flexibility index (Phi) is 5.17. The predicted molar refractivity (Wildman–Crippen MR) is 197 cm³/mol. The normalized spacial score (nSPS) is 14.5. The molecule has 0 saturated heterocycles. The van der Waals surface area contributed by atoms with Crippen LogP contribution in [-0.4, -0.2) is 32.3 Å². The third-order valence-electron chi connectivity index (χ3n) is 9.60. The topological polar surface area (TPSA) is 0 Å². The van der Waals surface area contributed by atoms with Crippen LogP contribution in [0.5, 0.6) is 0 Å². The van der Waals surface area contributed by atoms with Gasteiger partial charge in [-0.25, -0.2) is 0 Å². The Balaban J connectivity index is 1.47. The van der Waals surface area contributed by atoms with E-state index in [9.17, 15) is 0 Å². The average molecular weight is 589 g/mol. The lowest BCUT2D eigenvalue weighted by atomic mass is 9.83. The highest BCUT2D eigenvalue weighted by molar-refractivity contribution is 6.99. The maximum absolute atomic E-state index is 2.60. The van der Waals surface area contributed by atoms with Gasteiger partial charge in [0.2, 0.25) is 0 Å². The van der Waals surface area contributed by atoms with E-state index in [1.807, 2.05) is 0 Å². The molecule has 0 aliphatic carbocycles. The third-order valence-corrected chi connectivity index (χ3v) is 18.2. The number of benzene rings is 4. The predicted octanol–water partition coefficient (Wildman–Crippen LogP) is 9.10. The highest BCUT2D eigenvalue weighted by atomic mass is 28.3. The summed E-state index contributed by atoms with van der Waals surface area (Å²) in [6, 6.07) is 20.5. The van der Waals surface area contributed by atoms with E-state index >= 15 is 0 Å². The van der Waals surface area contributed by atoms with Crippen LogP contribution < -0.4 is 20.7 Å². The van der Waals surface area contributed by atoms with Gasteiger partial charge in [-0.3, -0.25) is 0 Å². The van der Waals surface area contributed by atoms with Crippen LogP contribution in [0.3, 0.4) is 0 Å². The molecule has 4 heteroatoms. The minimum absolute atomic E-state index is 1.43. The first-order chi connectivity index (χ1) is 18.4. The van der Waals surface area contributed by atoms with Crippen LogP contribution in [-0.2, 0) is 0 Å². The second-order valence-corrected chi connectivity index (χ2v) is 36.9. The third kappa shape index (κ3) is 3.58. The molecule has 0 spiro atoms. The van der Waals surface area contributed by atoms with Gasteiger partial charge in [0.25, 0.3) is 0 Å². The Labute approximate surface area is 243 Å². The van der Waals surface area contributed by atoms with Crippen LogP contribution in [0.1, 0.15) is 0 Å². The van der Waals surface area contributed by atoms with E-state index in [-0.39, 0.29) is 0 Å². The fourth-order valence-electron chi connectivity index (χ4n) is 7.37. The summed E-state index contributed by atoms with van der Waals surface area (Å²) in [5.41, 5.74) is 0. The number of hydrogen-bond donors (Lipinski definition) is 0. The zero-order valence-electron chi connectivity index (χ0n) is 26.6. The fourth-order valence-corrected chi connectivity index (χ4v) is 17.7. The first kappa shape index (κ1) is 26.6. The fraction of sp³-hybridized carbons (Fsp3) is 0.333. The first-order valence-electron chi connectivity index (χ1n) is 15.1. The smallest absolute Gasteiger partial charge is 0.0656 e. The first-order valence-corrected chi connectivity index (χ1v) is 29.1. The largest absolute Gasteiger partial charge is 0.0774 e. The van der Waals surface area contributed by atoms with Crippen LogP contribution in [0.2, 0.25) is 78.6 Å². The molecule has 0 heterocycles. The van der Waals surface area contributed by atoms with Crippen molar-refractivity contribution in [1.29, 1.82) is 0 Å². The molecule has 0 bridgehead atoms. The van der Waals surface area contributed by atoms with Gasteiger partial charge in [-0.2, -0.15) is 0 Å². The molecule has 0 aliphatic rings. The van der Waals surface area contributed by atoms with Crippen LogP contribution in [0.15, 0.2) is 48.5 Å². The Morgan fingerprint density at radius 1 is 0.225 bits per heavy atom. The molecule has 7 aromatic rings. The Morgan fingerprint density at radius 3 is 0.475 bits per heavy atom. The lowest BCUT2D eigenvalue weighted by Crippen LogP contribution is -2.56. The van der Waals surface area contributed by atoms with E-state index in [1.165, 1.54) is 64.6 Å². The van der Waals surface area contributed by atoms with E-state index in [1.54, 1.807) is 20.7 Å². The minimum atomic E-state index is -1.43. The molecule has 0 saturated carbocycles. The summed E-state index contributed by atoms with van der Waals surface area (Å²) in [7, 11) is -5.73. The molecule has 0 aromatic heterocycles. The Hall–Kier alpha value is -2.25. The van der Waals surface area contributed by atoms with Crippen molar-refractivity contribution in [3.05, 3.63) is 48.5 Å². The molecule has 0 fully saturated rings. The average Bonchev–Trinajstić information content (AvgIpc) is 2.79. The lowest BCUT2D eigenvalue weighted by Gasteiger charge is -2.31. The van der Waals surface area contributed by atoms with E-state index in [2.05, 4.69) is 127 Å². The summed E-state index contributed by atoms with van der Waals surface area (Å²) in [5.74, 6) is 0. The molecule has 0 unspecified atom stereocenters. The van der Waals surface area contributed by atoms with Crippen LogP contribution >= 0.6 is 0 Å². The lowest BCUT2D eigenvalue weighted by molar-refractivity contribution is 1.69. The molecule has 7 aromatic carbocycles. The van der Waals surface area contributed by atoms with Crippen molar-refractivity contribution in [3.63, 3.8) is 0 Å². The summed E-state index contributed by atoms with van der Waals surface area (Å²) >= 11 is 0. The van der Waals surface area contributed by atoms with Gasteiger partial charge in [-0.05, 0) is 88.9 Å². The highest BCUT2D eigenvalue weighted by Crippen LogP contribution is 2.47. The second-order valence-electron chi connectivity index (χ2n) is 16.8. The SMILES string of the molecule is C[Si](C)(C)c1cc2c(cc1[Si](C)(C)C)c1cc3c(cc21)c1cc2c4cc([Si](C)(C)C)c([Si](C)(C)C)cc4c2cc31. The molecule has 0 N–H and O–H groups in total. The van der Waals surface area contributed by atoms with Gasteiger partial charge in [0.05, 0.1) is 32.3 Å². The molecular formula is C36H44Si4. The molecular weight excluding hydrogens is 545 g/mol. The molecule has 7 rings (SSSR count). The van der Waals surface area contributed by atoms with Gasteiger partial charge >= 0.3 is 0 Å². The number of rotatable bonds is 4. The van der Waals surface area contributed by atoms with Crippen molar-refractivity contribution in [3.8, 4) is 0 Å². The molecule has 0 aliphatic heterocycles. The standard InChI is InChI=1S/C36H44Si4/c1-37(2,3)33-17-29-25-13-21-22(14-26(25)30(29)18-34(33)38(4,5)6)24-16-28-27(15-23(21)24)31-19-35(39(7,8)9)36(20-32(28)31)40(10,11)12/h13-20H,1-12H3. The van der Waals surface area contributed by atoms with Crippen molar-refractivity contribution in [2.45, 2.75) is 78.6 Å². The molecule has 0 radical (unpaired) electrons. The van der Waals surface area contributed by atoms with Gasteiger partial charge < -0.3 is 0 Å². The van der Waals surface area contributed by atoms with Gasteiger partial charge in [-0.15, -0.1) is 0 Å². The van der Waals surface area contributed by atoms with E-state index in [0.29, 0.717) is 0 Å². The maximum Gasteiger partial charge on any atom is 0.0774 e. The number of fused-ring (bicyclic) bond motifs is 12. The molecule has 0 atom stereocenters. The zero-order chi connectivity index (χ0) is 28.9. The maximum atomic E-state index is 2.60. The van der Waals surface area contributed by atoms with Crippen molar-refractivity contribution >= 4 is 118 Å². The van der Waals surface area contributed by atoms with Gasteiger partial charge in [0, 0.05) is 0 Å². The molecule has 0 amide bonds. The van der Waals surface area contributed by atoms with Crippen molar-refractivity contribution in [2.75, 3.05) is 0 Å². The quantitative estimate of drug-likeness (QED) is 0.180. The molecule has 40 heavy (non-hydrogen) atoms. The van der Waals surface area contributed by atoms with Crippen LogP contribution in [0.4, 0.5) is 0 Å². The van der Waals surface area contributed by atoms with Crippen molar-refractivity contribution in [1.82, 2.24) is 0 Å². The van der Waals surface area contributed by atoms with Crippen LogP contribution in [0, 0.1) is 0 Å². The summed E-state index contributed by atoms with van der Waals surface area (Å²) in [4.78, 5) is 0. The van der Waals surface area contributed by atoms with Gasteiger partial charge in [-0.1, -0.05) is 124 Å². The molecule has 204 valence electrons. The molecule has 0 nitrogen and oxygen atoms in total. The summed E-state index contributed by atoms with van der Waals surface area (Å²) in [6.07, 6.45) is 0. The zero-order valence-corrected chi connectivity index (χ0v) is 30.6. The number of hydrogen-bond acceptors (Lipinski definition) is 0. The second kappa shape index (κ2) is 7.77. The van der Waals surface area contributed by atoms with Crippen molar-refractivity contribution < 1.29 is 0 Å². The highest BCUT2D eigenvalue weighted by Gasteiger charge is 2.31. The minimum Gasteiger partial charge on any atom is -0.0656 e. The van der Waals surface area contributed by atoms with E-state index in [0.717, 1.165) is 0 Å². The Morgan fingerprint density at radius 2 is 0.350 bits per heavy atom. The Bertz CT molecular complexity index is 1800. The van der Waals surface area contributed by atoms with E-state index in [4.69, 9.17) is 0 Å². The van der Waals surface area contributed by atoms with E-state index < -0.39 is 32.3 Å². The summed E-state index contributed by atoms with van der Waals surface area (Å²) in [6.45, 7) is 30.2. The summed E-state index contributed by atoms with van der Waals surface area (Å²) in [5, 5.41) is 24.5. The van der Waals surface area contributed by atoms with Gasteiger partial charge in [0.1, 0.15) is 0 Å². The monoisotopic (exact) mass is 588 g/mol. The van der Waals surface area contributed by atoms with Crippen molar-refractivity contribution in [2.24, 2.45) is 0 Å². The summed E-state index contributed by atoms with van der Waals surface area (Å²) < 4.78 is 0.